The van der Waals surface area contributed by atoms with Crippen LogP contribution in [0.4, 0.5) is 5.69 Å². The summed E-state index contributed by atoms with van der Waals surface area (Å²) in [5, 5.41) is 3.03. The highest BCUT2D eigenvalue weighted by Crippen LogP contribution is 2.31. The van der Waals surface area contributed by atoms with Crippen LogP contribution in [-0.2, 0) is 0 Å². The molecule has 3 rings (SSSR count). The van der Waals surface area contributed by atoms with Gasteiger partial charge in [0.1, 0.15) is 6.17 Å². The number of hydrogen-bond acceptors (Lipinski definition) is 2. The van der Waals surface area contributed by atoms with E-state index in [4.69, 9.17) is 0 Å². The van der Waals surface area contributed by atoms with Crippen molar-refractivity contribution < 1.29 is 4.79 Å². The van der Waals surface area contributed by atoms with Crippen molar-refractivity contribution in [1.82, 2.24) is 5.32 Å². The fourth-order valence-electron chi connectivity index (χ4n) is 2.35. The van der Waals surface area contributed by atoms with Crippen LogP contribution in [-0.4, -0.2) is 13.0 Å². The third kappa shape index (κ3) is 1.64. The smallest absolute Gasteiger partial charge is 0.255 e. The van der Waals surface area contributed by atoms with Gasteiger partial charge in [0.2, 0.25) is 0 Å². The normalized spacial score (nSPS) is 18.2. The molecule has 1 aliphatic heterocycles. The van der Waals surface area contributed by atoms with E-state index >= 15 is 0 Å². The molecule has 2 aromatic rings. The van der Waals surface area contributed by atoms with Gasteiger partial charge < -0.3 is 10.2 Å². The molecule has 3 nitrogen and oxygen atoms in total. The molecule has 0 aromatic heterocycles. The minimum Gasteiger partial charge on any atom is -0.350 e. The summed E-state index contributed by atoms with van der Waals surface area (Å²) in [6, 6.07) is 17.6. The number of fused-ring (bicyclic) bond motifs is 1. The maximum absolute atomic E-state index is 12.1. The van der Waals surface area contributed by atoms with E-state index < -0.39 is 0 Å². The van der Waals surface area contributed by atoms with E-state index in [0.29, 0.717) is 0 Å². The van der Waals surface area contributed by atoms with Gasteiger partial charge in [-0.05, 0) is 17.7 Å². The SMILES string of the molecule is CN1c2ccccc2C(=O)NC1c1ccccc1. The molecule has 90 valence electrons. The Labute approximate surface area is 106 Å². The lowest BCUT2D eigenvalue weighted by atomic mass is 10.0. The highest BCUT2D eigenvalue weighted by molar-refractivity contribution is 6.01. The molecule has 1 aliphatic rings. The summed E-state index contributed by atoms with van der Waals surface area (Å²) in [4.78, 5) is 14.2. The monoisotopic (exact) mass is 238 g/mol. The standard InChI is InChI=1S/C15H14N2O/c1-17-13-10-6-5-9-12(13)15(18)16-14(17)11-7-3-2-4-8-11/h2-10,14H,1H3,(H,16,18). The molecule has 1 amide bonds. The highest BCUT2D eigenvalue weighted by Gasteiger charge is 2.28. The second-order valence-electron chi connectivity index (χ2n) is 4.41. The number of hydrogen-bond donors (Lipinski definition) is 1. The van der Waals surface area contributed by atoms with Crippen molar-refractivity contribution in [3.8, 4) is 0 Å². The van der Waals surface area contributed by atoms with E-state index in [9.17, 15) is 4.79 Å². The third-order valence-corrected chi connectivity index (χ3v) is 3.30. The summed E-state index contributed by atoms with van der Waals surface area (Å²) in [6.07, 6.45) is -0.103. The molecule has 2 aromatic carbocycles. The second kappa shape index (κ2) is 4.18. The molecule has 0 saturated carbocycles. The van der Waals surface area contributed by atoms with Crippen molar-refractivity contribution in [1.29, 1.82) is 0 Å². The summed E-state index contributed by atoms with van der Waals surface area (Å²) < 4.78 is 0. The van der Waals surface area contributed by atoms with Crippen LogP contribution in [0.5, 0.6) is 0 Å². The molecule has 0 spiro atoms. The Kier molecular flexibility index (Phi) is 2.52. The van der Waals surface area contributed by atoms with Crippen LogP contribution in [0, 0.1) is 0 Å². The van der Waals surface area contributed by atoms with Gasteiger partial charge in [0, 0.05) is 7.05 Å². The first-order chi connectivity index (χ1) is 8.77. The summed E-state index contributed by atoms with van der Waals surface area (Å²) in [6.45, 7) is 0. The number of benzene rings is 2. The van der Waals surface area contributed by atoms with Crippen molar-refractivity contribution in [3.05, 3.63) is 65.7 Å². The van der Waals surface area contributed by atoms with E-state index in [1.165, 1.54) is 0 Å². The van der Waals surface area contributed by atoms with Gasteiger partial charge >= 0.3 is 0 Å². The van der Waals surface area contributed by atoms with Crippen LogP contribution >= 0.6 is 0 Å². The molecule has 1 unspecified atom stereocenters. The zero-order chi connectivity index (χ0) is 12.5. The number of carbonyl (C=O) groups excluding carboxylic acids is 1. The first-order valence-corrected chi connectivity index (χ1v) is 5.95. The maximum Gasteiger partial charge on any atom is 0.255 e. The molecule has 3 heteroatoms. The quantitative estimate of drug-likeness (QED) is 0.828. The number of amides is 1. The van der Waals surface area contributed by atoms with E-state index in [1.807, 2.05) is 61.6 Å². The number of para-hydroxylation sites is 1. The Balaban J connectivity index is 2.05. The summed E-state index contributed by atoms with van der Waals surface area (Å²) in [5.74, 6) is -0.0162. The van der Waals surface area contributed by atoms with Crippen LogP contribution in [0.2, 0.25) is 0 Å². The zero-order valence-electron chi connectivity index (χ0n) is 10.1. The Morgan fingerprint density at radius 2 is 1.67 bits per heavy atom. The first-order valence-electron chi connectivity index (χ1n) is 5.95. The molecule has 1 atom stereocenters. The van der Waals surface area contributed by atoms with Gasteiger partial charge in [-0.1, -0.05) is 42.5 Å². The molecule has 1 heterocycles. The average molecular weight is 238 g/mol. The molecule has 0 bridgehead atoms. The van der Waals surface area contributed by atoms with E-state index in [1.54, 1.807) is 0 Å². The topological polar surface area (TPSA) is 32.3 Å². The number of rotatable bonds is 1. The van der Waals surface area contributed by atoms with Gasteiger partial charge in [-0.25, -0.2) is 0 Å². The van der Waals surface area contributed by atoms with Crippen LogP contribution in [0.15, 0.2) is 54.6 Å². The summed E-state index contributed by atoms with van der Waals surface area (Å²) in [7, 11) is 2.00. The van der Waals surface area contributed by atoms with Crippen molar-refractivity contribution >= 4 is 11.6 Å². The molecular formula is C15H14N2O. The van der Waals surface area contributed by atoms with E-state index in [-0.39, 0.29) is 12.1 Å². The number of nitrogens with one attached hydrogen (secondary N) is 1. The average Bonchev–Trinajstić information content (AvgIpc) is 2.44. The number of anilines is 1. The van der Waals surface area contributed by atoms with Gasteiger partial charge in [0.15, 0.2) is 0 Å². The first kappa shape index (κ1) is 10.8. The molecule has 18 heavy (non-hydrogen) atoms. The van der Waals surface area contributed by atoms with Crippen molar-refractivity contribution in [2.75, 3.05) is 11.9 Å². The zero-order valence-corrected chi connectivity index (χ0v) is 10.1. The lowest BCUT2D eigenvalue weighted by molar-refractivity contribution is 0.0928. The molecule has 0 fully saturated rings. The van der Waals surface area contributed by atoms with Crippen molar-refractivity contribution in [3.63, 3.8) is 0 Å². The van der Waals surface area contributed by atoms with E-state index in [0.717, 1.165) is 16.8 Å². The summed E-state index contributed by atoms with van der Waals surface area (Å²) in [5.41, 5.74) is 2.78. The number of nitrogens with zero attached hydrogens (tertiary/aromatic N) is 1. The van der Waals surface area contributed by atoms with Crippen LogP contribution in [0.1, 0.15) is 22.1 Å². The predicted molar refractivity (Wildman–Crippen MR) is 71.5 cm³/mol. The van der Waals surface area contributed by atoms with Crippen molar-refractivity contribution in [2.45, 2.75) is 6.17 Å². The Morgan fingerprint density at radius 1 is 1.00 bits per heavy atom. The Hall–Kier alpha value is -2.29. The van der Waals surface area contributed by atoms with Gasteiger partial charge in [0.25, 0.3) is 5.91 Å². The van der Waals surface area contributed by atoms with Gasteiger partial charge in [0.05, 0.1) is 11.3 Å². The summed E-state index contributed by atoms with van der Waals surface area (Å²) >= 11 is 0. The highest BCUT2D eigenvalue weighted by atomic mass is 16.2. The van der Waals surface area contributed by atoms with Crippen LogP contribution in [0.3, 0.4) is 0 Å². The molecule has 0 saturated heterocycles. The molecule has 1 N–H and O–H groups in total. The predicted octanol–water partition coefficient (Wildman–Crippen LogP) is 2.57. The van der Waals surface area contributed by atoms with Gasteiger partial charge in [-0.2, -0.15) is 0 Å². The number of carbonyl (C=O) groups is 1. The fraction of sp³-hybridized carbons (Fsp3) is 0.133. The van der Waals surface area contributed by atoms with Crippen LogP contribution in [0.25, 0.3) is 0 Å². The van der Waals surface area contributed by atoms with Gasteiger partial charge in [-0.3, -0.25) is 4.79 Å². The molecule has 0 radical (unpaired) electrons. The molecular weight excluding hydrogens is 224 g/mol. The fourth-order valence-corrected chi connectivity index (χ4v) is 2.35. The van der Waals surface area contributed by atoms with Crippen molar-refractivity contribution in [2.24, 2.45) is 0 Å². The second-order valence-corrected chi connectivity index (χ2v) is 4.41. The molecule has 0 aliphatic carbocycles. The lowest BCUT2D eigenvalue weighted by Gasteiger charge is -2.36. The van der Waals surface area contributed by atoms with Gasteiger partial charge in [-0.15, -0.1) is 0 Å². The third-order valence-electron chi connectivity index (χ3n) is 3.30. The minimum absolute atomic E-state index is 0.0162. The Morgan fingerprint density at radius 3 is 2.44 bits per heavy atom. The maximum atomic E-state index is 12.1. The largest absolute Gasteiger partial charge is 0.350 e. The minimum atomic E-state index is -0.103. The Bertz CT molecular complexity index is 580. The van der Waals surface area contributed by atoms with Crippen LogP contribution < -0.4 is 10.2 Å². The lowest BCUT2D eigenvalue weighted by Crippen LogP contribution is -2.44. The van der Waals surface area contributed by atoms with E-state index in [2.05, 4.69) is 10.2 Å².